The zero-order valence-electron chi connectivity index (χ0n) is 8.29. The van der Waals surface area contributed by atoms with Gasteiger partial charge < -0.3 is 5.73 Å². The molecule has 0 saturated heterocycles. The molecule has 0 radical (unpaired) electrons. The van der Waals surface area contributed by atoms with Crippen LogP contribution in [0.3, 0.4) is 0 Å². The van der Waals surface area contributed by atoms with Crippen molar-refractivity contribution in [3.05, 3.63) is 23.8 Å². The van der Waals surface area contributed by atoms with E-state index in [4.69, 9.17) is 5.73 Å². The summed E-state index contributed by atoms with van der Waals surface area (Å²) >= 11 is 0. The SMILES string of the molecule is CC(C)S(=O)(=O)c1ccc(N)c(F)c1F. The van der Waals surface area contributed by atoms with Gasteiger partial charge in [0.05, 0.1) is 10.9 Å². The molecule has 3 nitrogen and oxygen atoms in total. The van der Waals surface area contributed by atoms with E-state index in [0.29, 0.717) is 0 Å². The maximum atomic E-state index is 13.3. The molecule has 1 rings (SSSR count). The highest BCUT2D eigenvalue weighted by atomic mass is 32.2. The number of halogens is 2. The van der Waals surface area contributed by atoms with E-state index in [2.05, 4.69) is 0 Å². The van der Waals surface area contributed by atoms with Crippen molar-refractivity contribution in [1.82, 2.24) is 0 Å². The van der Waals surface area contributed by atoms with Gasteiger partial charge in [-0.05, 0) is 26.0 Å². The van der Waals surface area contributed by atoms with Gasteiger partial charge in [-0.15, -0.1) is 0 Å². The fraction of sp³-hybridized carbons (Fsp3) is 0.333. The number of nitrogens with two attached hydrogens (primary N) is 1. The number of anilines is 1. The van der Waals surface area contributed by atoms with Crippen molar-refractivity contribution in [2.75, 3.05) is 5.73 Å². The molecule has 0 aromatic heterocycles. The van der Waals surface area contributed by atoms with Crippen LogP contribution < -0.4 is 5.73 Å². The third kappa shape index (κ3) is 1.94. The van der Waals surface area contributed by atoms with E-state index >= 15 is 0 Å². The van der Waals surface area contributed by atoms with Crippen molar-refractivity contribution in [1.29, 1.82) is 0 Å². The third-order valence-electron chi connectivity index (χ3n) is 2.00. The molecule has 0 heterocycles. The van der Waals surface area contributed by atoms with Crippen molar-refractivity contribution in [3.63, 3.8) is 0 Å². The molecule has 0 atom stereocenters. The second kappa shape index (κ2) is 3.77. The predicted molar refractivity (Wildman–Crippen MR) is 53.1 cm³/mol. The Morgan fingerprint density at radius 3 is 2.20 bits per heavy atom. The van der Waals surface area contributed by atoms with Gasteiger partial charge in [-0.2, -0.15) is 0 Å². The number of benzene rings is 1. The lowest BCUT2D eigenvalue weighted by molar-refractivity contribution is 0.487. The summed E-state index contributed by atoms with van der Waals surface area (Å²) in [6.45, 7) is 2.78. The van der Waals surface area contributed by atoms with Crippen LogP contribution in [-0.4, -0.2) is 13.7 Å². The van der Waals surface area contributed by atoms with E-state index < -0.39 is 37.3 Å². The molecule has 1 aromatic rings. The molecular weight excluding hydrogens is 224 g/mol. The second-order valence-electron chi connectivity index (χ2n) is 3.37. The molecule has 2 N–H and O–H groups in total. The molecule has 0 amide bonds. The van der Waals surface area contributed by atoms with Crippen LogP contribution in [0.4, 0.5) is 14.5 Å². The Morgan fingerprint density at radius 2 is 1.73 bits per heavy atom. The normalized spacial score (nSPS) is 12.1. The predicted octanol–water partition coefficient (Wildman–Crippen LogP) is 1.73. The van der Waals surface area contributed by atoms with Crippen molar-refractivity contribution in [2.24, 2.45) is 0 Å². The first-order valence-corrected chi connectivity index (χ1v) is 5.80. The van der Waals surface area contributed by atoms with Crippen molar-refractivity contribution in [3.8, 4) is 0 Å². The number of hydrogen-bond donors (Lipinski definition) is 1. The van der Waals surface area contributed by atoms with E-state index in [1.54, 1.807) is 0 Å². The molecule has 0 aliphatic rings. The number of sulfone groups is 1. The third-order valence-corrected chi connectivity index (χ3v) is 4.17. The summed E-state index contributed by atoms with van der Waals surface area (Å²) in [7, 11) is -3.82. The molecule has 6 heteroatoms. The van der Waals surface area contributed by atoms with Crippen LogP contribution in [0.1, 0.15) is 13.8 Å². The highest BCUT2D eigenvalue weighted by molar-refractivity contribution is 7.92. The summed E-state index contributed by atoms with van der Waals surface area (Å²) in [5.41, 5.74) is 4.69. The Bertz CT molecular complexity index is 483. The van der Waals surface area contributed by atoms with E-state index in [1.807, 2.05) is 0 Å². The molecule has 0 aliphatic heterocycles. The molecule has 0 spiro atoms. The minimum atomic E-state index is -3.82. The van der Waals surface area contributed by atoms with E-state index in [0.717, 1.165) is 12.1 Å². The Kier molecular flexibility index (Phi) is 2.99. The first-order chi connectivity index (χ1) is 6.78. The fourth-order valence-electron chi connectivity index (χ4n) is 1.02. The highest BCUT2D eigenvalue weighted by Gasteiger charge is 2.25. The van der Waals surface area contributed by atoms with Crippen molar-refractivity contribution >= 4 is 15.5 Å². The summed E-state index contributed by atoms with van der Waals surface area (Å²) in [4.78, 5) is -0.649. The van der Waals surface area contributed by atoms with Crippen molar-refractivity contribution < 1.29 is 17.2 Å². The van der Waals surface area contributed by atoms with Gasteiger partial charge in [-0.1, -0.05) is 0 Å². The van der Waals surface area contributed by atoms with E-state index in [1.165, 1.54) is 13.8 Å². The molecule has 15 heavy (non-hydrogen) atoms. The van der Waals surface area contributed by atoms with Gasteiger partial charge in [0.1, 0.15) is 4.90 Å². The Balaban J connectivity index is 3.48. The van der Waals surface area contributed by atoms with Crippen LogP contribution in [-0.2, 0) is 9.84 Å². The Morgan fingerprint density at radius 1 is 1.20 bits per heavy atom. The Labute approximate surface area is 86.8 Å². The molecule has 0 bridgehead atoms. The first kappa shape index (κ1) is 11.9. The monoisotopic (exact) mass is 235 g/mol. The molecule has 0 fully saturated rings. The lowest BCUT2D eigenvalue weighted by atomic mass is 10.3. The summed E-state index contributed by atoms with van der Waals surface area (Å²) in [6, 6.07) is 2.01. The van der Waals surface area contributed by atoms with Crippen LogP contribution in [0.15, 0.2) is 17.0 Å². The largest absolute Gasteiger partial charge is 0.396 e. The quantitative estimate of drug-likeness (QED) is 0.794. The first-order valence-electron chi connectivity index (χ1n) is 4.26. The van der Waals surface area contributed by atoms with Gasteiger partial charge >= 0.3 is 0 Å². The summed E-state index contributed by atoms with van der Waals surface area (Å²) in [5.74, 6) is -2.74. The number of nitrogen functional groups attached to an aromatic ring is 1. The van der Waals surface area contributed by atoms with Gasteiger partial charge in [0, 0.05) is 0 Å². The van der Waals surface area contributed by atoms with Crippen LogP contribution >= 0.6 is 0 Å². The minimum Gasteiger partial charge on any atom is -0.396 e. The zero-order chi connectivity index (χ0) is 11.8. The standard InChI is InChI=1S/C9H11F2NO2S/c1-5(2)15(13,14)7-4-3-6(12)8(10)9(7)11/h3-5H,12H2,1-2H3. The van der Waals surface area contributed by atoms with Crippen LogP contribution in [0.2, 0.25) is 0 Å². The summed E-state index contributed by atoms with van der Waals surface area (Å²) in [5, 5.41) is -0.810. The maximum absolute atomic E-state index is 13.3. The topological polar surface area (TPSA) is 60.2 Å². The average Bonchev–Trinajstić information content (AvgIpc) is 2.13. The van der Waals surface area contributed by atoms with E-state index in [-0.39, 0.29) is 0 Å². The minimum absolute atomic E-state index is 0.407. The van der Waals surface area contributed by atoms with Crippen LogP contribution in [0.5, 0.6) is 0 Å². The molecule has 0 aliphatic carbocycles. The number of hydrogen-bond acceptors (Lipinski definition) is 3. The molecule has 0 unspecified atom stereocenters. The van der Waals surface area contributed by atoms with E-state index in [9.17, 15) is 17.2 Å². The molecule has 1 aromatic carbocycles. The highest BCUT2D eigenvalue weighted by Crippen LogP contribution is 2.24. The van der Waals surface area contributed by atoms with Crippen molar-refractivity contribution in [2.45, 2.75) is 24.0 Å². The van der Waals surface area contributed by atoms with Gasteiger partial charge in [0.2, 0.25) is 0 Å². The van der Waals surface area contributed by atoms with Gasteiger partial charge in [-0.25, -0.2) is 17.2 Å². The van der Waals surface area contributed by atoms with Gasteiger partial charge in [0.15, 0.2) is 21.5 Å². The second-order valence-corrected chi connectivity index (χ2v) is 5.85. The molecular formula is C9H11F2NO2S. The van der Waals surface area contributed by atoms with Crippen LogP contribution in [0, 0.1) is 11.6 Å². The summed E-state index contributed by atoms with van der Waals surface area (Å²) in [6.07, 6.45) is 0. The maximum Gasteiger partial charge on any atom is 0.183 e. The lowest BCUT2D eigenvalue weighted by Gasteiger charge is -2.09. The molecule has 84 valence electrons. The fourth-order valence-corrected chi connectivity index (χ4v) is 2.13. The Hall–Kier alpha value is -1.17. The average molecular weight is 235 g/mol. The van der Waals surface area contributed by atoms with Crippen LogP contribution in [0.25, 0.3) is 0 Å². The van der Waals surface area contributed by atoms with Gasteiger partial charge in [-0.3, -0.25) is 0 Å². The molecule has 0 saturated carbocycles. The lowest BCUT2D eigenvalue weighted by Crippen LogP contribution is -2.16. The van der Waals surface area contributed by atoms with Gasteiger partial charge in [0.25, 0.3) is 0 Å². The zero-order valence-corrected chi connectivity index (χ0v) is 9.11. The smallest absolute Gasteiger partial charge is 0.183 e. The summed E-state index contributed by atoms with van der Waals surface area (Å²) < 4.78 is 49.4. The number of rotatable bonds is 2.